The molecular formula is C14H18N4O. The lowest BCUT2D eigenvalue weighted by atomic mass is 10.1. The van der Waals surface area contributed by atoms with Gasteiger partial charge in [-0.3, -0.25) is 0 Å². The average molecular weight is 258 g/mol. The van der Waals surface area contributed by atoms with Crippen LogP contribution in [-0.2, 0) is 0 Å². The van der Waals surface area contributed by atoms with Gasteiger partial charge in [-0.2, -0.15) is 0 Å². The number of hydrogen-bond donors (Lipinski definition) is 1. The topological polar surface area (TPSA) is 64.3 Å². The van der Waals surface area contributed by atoms with Gasteiger partial charge < -0.3 is 15.4 Å². The largest absolute Gasteiger partial charge is 0.478 e. The number of piperidine rings is 1. The van der Waals surface area contributed by atoms with E-state index < -0.39 is 0 Å². The van der Waals surface area contributed by atoms with Crippen molar-refractivity contribution < 1.29 is 4.74 Å². The fourth-order valence-electron chi connectivity index (χ4n) is 2.52. The Labute approximate surface area is 112 Å². The number of rotatable bonds is 2. The van der Waals surface area contributed by atoms with E-state index in [1.807, 2.05) is 24.3 Å². The summed E-state index contributed by atoms with van der Waals surface area (Å²) in [7, 11) is 1.63. The Hall–Kier alpha value is -1.88. The maximum atomic E-state index is 6.04. The molecule has 0 radical (unpaired) electrons. The first-order valence-electron chi connectivity index (χ1n) is 6.59. The van der Waals surface area contributed by atoms with Crippen LogP contribution in [0, 0.1) is 0 Å². The monoisotopic (exact) mass is 258 g/mol. The Morgan fingerprint density at radius 2 is 2.00 bits per heavy atom. The Morgan fingerprint density at radius 3 is 2.68 bits per heavy atom. The molecule has 19 heavy (non-hydrogen) atoms. The first-order chi connectivity index (χ1) is 9.28. The van der Waals surface area contributed by atoms with Crippen molar-refractivity contribution in [1.82, 2.24) is 9.97 Å². The van der Waals surface area contributed by atoms with Crippen LogP contribution in [0.1, 0.15) is 12.8 Å². The van der Waals surface area contributed by atoms with Crippen LogP contribution >= 0.6 is 0 Å². The molecule has 0 saturated carbocycles. The minimum absolute atomic E-state index is 0.201. The van der Waals surface area contributed by atoms with E-state index in [0.717, 1.165) is 42.8 Å². The highest BCUT2D eigenvalue weighted by Crippen LogP contribution is 2.28. The lowest BCUT2D eigenvalue weighted by Gasteiger charge is -2.32. The molecule has 1 aromatic heterocycles. The highest BCUT2D eigenvalue weighted by molar-refractivity contribution is 5.77. The quantitative estimate of drug-likeness (QED) is 0.885. The molecule has 0 aliphatic carbocycles. The molecule has 2 N–H and O–H groups in total. The van der Waals surface area contributed by atoms with Crippen molar-refractivity contribution in [3.63, 3.8) is 0 Å². The zero-order valence-corrected chi connectivity index (χ0v) is 11.0. The molecule has 0 bridgehead atoms. The van der Waals surface area contributed by atoms with Crippen LogP contribution in [0.5, 0.6) is 5.88 Å². The zero-order chi connectivity index (χ0) is 13.2. The molecule has 1 aromatic carbocycles. The normalized spacial score (nSPS) is 19.7. The van der Waals surface area contributed by atoms with Crippen molar-refractivity contribution in [1.29, 1.82) is 0 Å². The first kappa shape index (κ1) is 12.2. The van der Waals surface area contributed by atoms with Crippen molar-refractivity contribution in [3.05, 3.63) is 24.3 Å². The van der Waals surface area contributed by atoms with Crippen molar-refractivity contribution in [2.24, 2.45) is 5.73 Å². The third-order valence-electron chi connectivity index (χ3n) is 3.47. The fraction of sp³-hybridized carbons (Fsp3) is 0.429. The Morgan fingerprint density at radius 1 is 1.26 bits per heavy atom. The summed E-state index contributed by atoms with van der Waals surface area (Å²) in [6, 6.07) is 8.03. The third kappa shape index (κ3) is 2.33. The van der Waals surface area contributed by atoms with E-state index in [1.165, 1.54) is 0 Å². The summed E-state index contributed by atoms with van der Waals surface area (Å²) in [5.41, 5.74) is 7.77. The Balaban J connectivity index is 2.05. The summed E-state index contributed by atoms with van der Waals surface area (Å²) in [5.74, 6) is 1.38. The standard InChI is InChI=1S/C14H18N4O/c1-19-14-13(18-8-4-5-10(15)9-18)16-11-6-2-3-7-12(11)17-14/h2-3,6-7,10H,4-5,8-9,15H2,1H3. The third-order valence-corrected chi connectivity index (χ3v) is 3.47. The molecule has 0 spiro atoms. The summed E-state index contributed by atoms with van der Waals surface area (Å²) >= 11 is 0. The molecule has 100 valence electrons. The second kappa shape index (κ2) is 5.01. The van der Waals surface area contributed by atoms with Crippen molar-refractivity contribution >= 4 is 16.9 Å². The van der Waals surface area contributed by atoms with Crippen LogP contribution < -0.4 is 15.4 Å². The summed E-state index contributed by atoms with van der Waals surface area (Å²) in [5, 5.41) is 0. The van der Waals surface area contributed by atoms with Gasteiger partial charge in [0.2, 0.25) is 0 Å². The molecule has 3 rings (SSSR count). The zero-order valence-electron chi connectivity index (χ0n) is 11.0. The van der Waals surface area contributed by atoms with Crippen molar-refractivity contribution in [3.8, 4) is 5.88 Å². The molecule has 1 aliphatic rings. The Kier molecular flexibility index (Phi) is 3.21. The van der Waals surface area contributed by atoms with Crippen LogP contribution in [-0.4, -0.2) is 36.2 Å². The molecule has 5 heteroatoms. The summed E-state index contributed by atoms with van der Waals surface area (Å²) in [6.45, 7) is 1.76. The van der Waals surface area contributed by atoms with Crippen LogP contribution in [0.3, 0.4) is 0 Å². The fourth-order valence-corrected chi connectivity index (χ4v) is 2.52. The van der Waals surface area contributed by atoms with E-state index in [2.05, 4.69) is 14.9 Å². The minimum atomic E-state index is 0.201. The van der Waals surface area contributed by atoms with Crippen molar-refractivity contribution in [2.75, 3.05) is 25.1 Å². The van der Waals surface area contributed by atoms with E-state index in [1.54, 1.807) is 7.11 Å². The van der Waals surface area contributed by atoms with Gasteiger partial charge in [-0.1, -0.05) is 12.1 Å². The Bertz CT molecular complexity index is 587. The number of para-hydroxylation sites is 2. The number of hydrogen-bond acceptors (Lipinski definition) is 5. The molecule has 5 nitrogen and oxygen atoms in total. The second-order valence-electron chi connectivity index (χ2n) is 4.89. The first-order valence-corrected chi connectivity index (χ1v) is 6.59. The van der Waals surface area contributed by atoms with Gasteiger partial charge >= 0.3 is 0 Å². The number of methoxy groups -OCH3 is 1. The summed E-state index contributed by atoms with van der Waals surface area (Å²) in [6.07, 6.45) is 2.15. The number of ether oxygens (including phenoxy) is 1. The maximum absolute atomic E-state index is 6.04. The number of aromatic nitrogens is 2. The van der Waals surface area contributed by atoms with Gasteiger partial charge in [0, 0.05) is 19.1 Å². The minimum Gasteiger partial charge on any atom is -0.478 e. The molecule has 1 aliphatic heterocycles. The smallest absolute Gasteiger partial charge is 0.257 e. The number of nitrogens with zero attached hydrogens (tertiary/aromatic N) is 3. The molecule has 1 fully saturated rings. The predicted octanol–water partition coefficient (Wildman–Crippen LogP) is 1.57. The SMILES string of the molecule is COc1nc2ccccc2nc1N1CCCC(N)C1. The highest BCUT2D eigenvalue weighted by Gasteiger charge is 2.22. The van der Waals surface area contributed by atoms with E-state index in [4.69, 9.17) is 10.5 Å². The average Bonchev–Trinajstić information content (AvgIpc) is 2.46. The van der Waals surface area contributed by atoms with E-state index in [-0.39, 0.29) is 6.04 Å². The van der Waals surface area contributed by atoms with Gasteiger partial charge in [-0.25, -0.2) is 9.97 Å². The lowest BCUT2D eigenvalue weighted by molar-refractivity contribution is 0.394. The van der Waals surface area contributed by atoms with Gasteiger partial charge in [0.25, 0.3) is 5.88 Å². The van der Waals surface area contributed by atoms with Crippen LogP contribution in [0.15, 0.2) is 24.3 Å². The summed E-state index contributed by atoms with van der Waals surface area (Å²) in [4.78, 5) is 11.4. The highest BCUT2D eigenvalue weighted by atomic mass is 16.5. The molecule has 1 unspecified atom stereocenters. The van der Waals surface area contributed by atoms with Gasteiger partial charge in [-0.15, -0.1) is 0 Å². The van der Waals surface area contributed by atoms with Crippen LogP contribution in [0.4, 0.5) is 5.82 Å². The molecule has 2 heterocycles. The number of fused-ring (bicyclic) bond motifs is 1. The molecular weight excluding hydrogens is 240 g/mol. The van der Waals surface area contributed by atoms with E-state index in [9.17, 15) is 0 Å². The number of anilines is 1. The number of nitrogens with two attached hydrogens (primary N) is 1. The van der Waals surface area contributed by atoms with Crippen molar-refractivity contribution in [2.45, 2.75) is 18.9 Å². The molecule has 1 saturated heterocycles. The van der Waals surface area contributed by atoms with Gasteiger partial charge in [0.1, 0.15) is 0 Å². The maximum Gasteiger partial charge on any atom is 0.257 e. The predicted molar refractivity (Wildman–Crippen MR) is 75.5 cm³/mol. The van der Waals surface area contributed by atoms with Gasteiger partial charge in [-0.05, 0) is 25.0 Å². The number of benzene rings is 1. The lowest BCUT2D eigenvalue weighted by Crippen LogP contribution is -2.43. The molecule has 1 atom stereocenters. The van der Waals surface area contributed by atoms with Crippen LogP contribution in [0.2, 0.25) is 0 Å². The van der Waals surface area contributed by atoms with Gasteiger partial charge in [0.05, 0.1) is 18.1 Å². The second-order valence-corrected chi connectivity index (χ2v) is 4.89. The van der Waals surface area contributed by atoms with E-state index in [0.29, 0.717) is 5.88 Å². The molecule has 0 amide bonds. The summed E-state index contributed by atoms with van der Waals surface area (Å²) < 4.78 is 5.39. The van der Waals surface area contributed by atoms with Crippen LogP contribution in [0.25, 0.3) is 11.0 Å². The van der Waals surface area contributed by atoms with E-state index >= 15 is 0 Å². The van der Waals surface area contributed by atoms with Gasteiger partial charge in [0.15, 0.2) is 5.82 Å². The molecule has 2 aromatic rings.